The van der Waals surface area contributed by atoms with E-state index in [1.165, 1.54) is 12.1 Å². The molecule has 0 spiro atoms. The lowest BCUT2D eigenvalue weighted by Gasteiger charge is -2.21. The van der Waals surface area contributed by atoms with E-state index in [9.17, 15) is 13.2 Å². The number of hydrogen-bond donors (Lipinski definition) is 0. The maximum atomic E-state index is 11.9. The van der Waals surface area contributed by atoms with E-state index in [2.05, 4.69) is 34.5 Å². The van der Waals surface area contributed by atoms with Crippen LogP contribution in [0.5, 0.6) is 5.75 Å². The first kappa shape index (κ1) is 14.4. The topological polar surface area (TPSA) is 9.23 Å². The predicted molar refractivity (Wildman–Crippen MR) is 64.4 cm³/mol. The smallest absolute Gasteiger partial charge is 0.406 e. The average molecular weight is 311 g/mol. The van der Waals surface area contributed by atoms with Crippen molar-refractivity contribution in [2.45, 2.75) is 26.6 Å². The van der Waals surface area contributed by atoms with Crippen LogP contribution in [0.4, 0.5) is 13.2 Å². The summed E-state index contributed by atoms with van der Waals surface area (Å²) < 4.78 is 39.6. The van der Waals surface area contributed by atoms with Gasteiger partial charge in [0.05, 0.1) is 0 Å². The minimum Gasteiger partial charge on any atom is -0.406 e. The summed E-state index contributed by atoms with van der Waals surface area (Å²) in [7, 11) is 0. The van der Waals surface area contributed by atoms with Crippen molar-refractivity contribution in [2.75, 3.05) is 5.33 Å². The molecule has 5 heteroatoms. The predicted octanol–water partition coefficient (Wildman–Crippen LogP) is 4.55. The maximum absolute atomic E-state index is 11.9. The second-order valence-electron chi connectivity index (χ2n) is 4.67. The van der Waals surface area contributed by atoms with Gasteiger partial charge in [0.1, 0.15) is 5.75 Å². The van der Waals surface area contributed by atoms with Crippen LogP contribution in [-0.4, -0.2) is 11.7 Å². The van der Waals surface area contributed by atoms with Crippen molar-refractivity contribution >= 4 is 15.9 Å². The van der Waals surface area contributed by atoms with Crippen LogP contribution < -0.4 is 4.74 Å². The van der Waals surface area contributed by atoms with Gasteiger partial charge in [0.25, 0.3) is 0 Å². The largest absolute Gasteiger partial charge is 0.573 e. The molecule has 0 aromatic heterocycles. The molecule has 0 unspecified atom stereocenters. The van der Waals surface area contributed by atoms with Crippen LogP contribution in [-0.2, 0) is 6.42 Å². The highest BCUT2D eigenvalue weighted by Gasteiger charge is 2.31. The van der Waals surface area contributed by atoms with Crippen LogP contribution in [0.2, 0.25) is 0 Å². The van der Waals surface area contributed by atoms with Gasteiger partial charge < -0.3 is 4.74 Å². The summed E-state index contributed by atoms with van der Waals surface area (Å²) in [6.07, 6.45) is -3.83. The molecule has 1 nitrogen and oxygen atoms in total. The Bertz CT molecular complexity index is 357. The second kappa shape index (κ2) is 5.29. The monoisotopic (exact) mass is 310 g/mol. The summed E-state index contributed by atoms with van der Waals surface area (Å²) >= 11 is 3.41. The number of hydrogen-bond acceptors (Lipinski definition) is 1. The minimum absolute atomic E-state index is 0.0758. The van der Waals surface area contributed by atoms with Gasteiger partial charge in [-0.25, -0.2) is 0 Å². The van der Waals surface area contributed by atoms with Gasteiger partial charge in [-0.15, -0.1) is 13.2 Å². The van der Waals surface area contributed by atoms with Crippen LogP contribution >= 0.6 is 15.9 Å². The van der Waals surface area contributed by atoms with Crippen molar-refractivity contribution < 1.29 is 17.9 Å². The van der Waals surface area contributed by atoms with Crippen LogP contribution in [0.25, 0.3) is 0 Å². The van der Waals surface area contributed by atoms with Gasteiger partial charge in [0, 0.05) is 5.33 Å². The second-order valence-corrected chi connectivity index (χ2v) is 5.23. The summed E-state index contributed by atoms with van der Waals surface area (Å²) in [5.41, 5.74) is 1.07. The molecule has 0 atom stereocenters. The van der Waals surface area contributed by atoms with E-state index in [4.69, 9.17) is 0 Å². The van der Waals surface area contributed by atoms with E-state index in [0.29, 0.717) is 0 Å². The molecule has 0 bridgehead atoms. The van der Waals surface area contributed by atoms with Gasteiger partial charge in [-0.05, 0) is 29.5 Å². The van der Waals surface area contributed by atoms with Crippen molar-refractivity contribution in [1.29, 1.82) is 0 Å². The molecule has 0 N–H and O–H groups in total. The molecule has 0 saturated carbocycles. The zero-order valence-corrected chi connectivity index (χ0v) is 11.2. The fourth-order valence-corrected chi connectivity index (χ4v) is 1.61. The standard InChI is InChI=1S/C12H14BrF3O/c1-11(2,8-13)7-9-3-5-10(6-4-9)17-12(14,15)16/h3-6H,7-8H2,1-2H3. The first-order chi connectivity index (χ1) is 7.72. The summed E-state index contributed by atoms with van der Waals surface area (Å²) in [6, 6.07) is 6.00. The first-order valence-corrected chi connectivity index (χ1v) is 6.25. The molecule has 1 rings (SSSR count). The van der Waals surface area contributed by atoms with Gasteiger partial charge >= 0.3 is 6.36 Å². The fraction of sp³-hybridized carbons (Fsp3) is 0.500. The van der Waals surface area contributed by atoms with Crippen LogP contribution in [0, 0.1) is 5.41 Å². The quantitative estimate of drug-likeness (QED) is 0.741. The van der Waals surface area contributed by atoms with Crippen molar-refractivity contribution in [1.82, 2.24) is 0 Å². The molecule has 0 aliphatic rings. The summed E-state index contributed by atoms with van der Waals surface area (Å²) in [4.78, 5) is 0. The molecule has 0 fully saturated rings. The summed E-state index contributed by atoms with van der Waals surface area (Å²) in [5.74, 6) is -0.183. The number of rotatable bonds is 4. The van der Waals surface area contributed by atoms with Crippen molar-refractivity contribution in [3.63, 3.8) is 0 Å². The van der Waals surface area contributed by atoms with Crippen molar-refractivity contribution in [2.24, 2.45) is 5.41 Å². The molecular formula is C12H14BrF3O. The van der Waals surface area contributed by atoms with Crippen LogP contribution in [0.15, 0.2) is 24.3 Å². The van der Waals surface area contributed by atoms with Gasteiger partial charge in [-0.2, -0.15) is 0 Å². The third kappa shape index (κ3) is 5.44. The lowest BCUT2D eigenvalue weighted by Crippen LogP contribution is -2.18. The van der Waals surface area contributed by atoms with E-state index < -0.39 is 6.36 Å². The molecule has 0 aliphatic carbocycles. The highest BCUT2D eigenvalue weighted by atomic mass is 79.9. The molecule has 0 radical (unpaired) electrons. The highest BCUT2D eigenvalue weighted by molar-refractivity contribution is 9.09. The Morgan fingerprint density at radius 3 is 2.06 bits per heavy atom. The number of benzene rings is 1. The number of ether oxygens (including phenoxy) is 1. The number of halogens is 4. The number of alkyl halides is 4. The molecule has 17 heavy (non-hydrogen) atoms. The SMILES string of the molecule is CC(C)(CBr)Cc1ccc(OC(F)(F)F)cc1. The van der Waals surface area contributed by atoms with Crippen molar-refractivity contribution in [3.8, 4) is 5.75 Å². The Kier molecular flexibility index (Phi) is 4.47. The van der Waals surface area contributed by atoms with Crippen molar-refractivity contribution in [3.05, 3.63) is 29.8 Å². The van der Waals surface area contributed by atoms with Gasteiger partial charge in [0.2, 0.25) is 0 Å². The Labute approximate surface area is 107 Å². The third-order valence-electron chi connectivity index (χ3n) is 2.20. The van der Waals surface area contributed by atoms with Crippen LogP contribution in [0.1, 0.15) is 19.4 Å². The average Bonchev–Trinajstić information content (AvgIpc) is 2.19. The molecular weight excluding hydrogens is 297 g/mol. The molecule has 1 aromatic rings. The molecule has 0 heterocycles. The Morgan fingerprint density at radius 2 is 1.65 bits per heavy atom. The lowest BCUT2D eigenvalue weighted by molar-refractivity contribution is -0.274. The normalized spacial score (nSPS) is 12.6. The zero-order chi connectivity index (χ0) is 13.1. The molecule has 0 saturated heterocycles. The van der Waals surface area contributed by atoms with E-state index in [1.54, 1.807) is 12.1 Å². The van der Waals surface area contributed by atoms with Crippen LogP contribution in [0.3, 0.4) is 0 Å². The highest BCUT2D eigenvalue weighted by Crippen LogP contribution is 2.27. The molecule has 0 aliphatic heterocycles. The van der Waals surface area contributed by atoms with E-state index in [-0.39, 0.29) is 11.2 Å². The fourth-order valence-electron chi connectivity index (χ4n) is 1.41. The van der Waals surface area contributed by atoms with E-state index >= 15 is 0 Å². The molecule has 96 valence electrons. The zero-order valence-electron chi connectivity index (χ0n) is 9.64. The Balaban J connectivity index is 2.69. The van der Waals surface area contributed by atoms with Gasteiger partial charge in [-0.1, -0.05) is 41.9 Å². The van der Waals surface area contributed by atoms with Gasteiger partial charge in [0.15, 0.2) is 0 Å². The van der Waals surface area contributed by atoms with E-state index in [1.807, 2.05) is 0 Å². The first-order valence-electron chi connectivity index (χ1n) is 5.12. The van der Waals surface area contributed by atoms with Gasteiger partial charge in [-0.3, -0.25) is 0 Å². The molecule has 0 amide bonds. The Hall–Kier alpha value is -0.710. The van der Waals surface area contributed by atoms with E-state index in [0.717, 1.165) is 17.3 Å². The minimum atomic E-state index is -4.63. The third-order valence-corrected chi connectivity index (χ3v) is 3.72. The lowest BCUT2D eigenvalue weighted by atomic mass is 9.88. The maximum Gasteiger partial charge on any atom is 0.573 e. The Morgan fingerprint density at radius 1 is 1.12 bits per heavy atom. The summed E-state index contributed by atoms with van der Waals surface area (Å²) in [5, 5.41) is 0.834. The molecule has 1 aromatic carbocycles. The summed E-state index contributed by atoms with van der Waals surface area (Å²) in [6.45, 7) is 4.17.